The molecule has 1 aromatic rings. The molecular weight excluding hydrogens is 376 g/mol. The SMILES string of the molecule is C=C1C(OC(C)=O)CC2(C)C3(C)CCC2(OC3=O)C12CC(c1ccoc1)OC2=O. The standard InChI is InChI=1S/C22H24O7/c1-12-15(27-13(2)23)9-20(4)19(3)6-7-22(20,29-17(19)24)21(12)10-16(28-18(21)25)14-5-8-26-11-14/h5,8,11,15-16H,1,6-7,9-10H2,2-4H3. The molecule has 4 aliphatic rings. The zero-order valence-electron chi connectivity index (χ0n) is 16.8. The zero-order chi connectivity index (χ0) is 20.8. The third kappa shape index (κ3) is 1.83. The summed E-state index contributed by atoms with van der Waals surface area (Å²) in [5.41, 5.74) is -2.59. The van der Waals surface area contributed by atoms with Crippen LogP contribution in [0.25, 0.3) is 0 Å². The van der Waals surface area contributed by atoms with E-state index in [1.165, 1.54) is 13.2 Å². The first-order valence-electron chi connectivity index (χ1n) is 9.94. The monoisotopic (exact) mass is 400 g/mol. The van der Waals surface area contributed by atoms with Gasteiger partial charge in [-0.2, -0.15) is 0 Å². The third-order valence-electron chi connectivity index (χ3n) is 8.34. The molecule has 154 valence electrons. The maximum atomic E-state index is 13.5. The Morgan fingerprint density at radius 2 is 1.97 bits per heavy atom. The average Bonchev–Trinajstić information content (AvgIpc) is 3.36. The molecule has 1 aromatic heterocycles. The van der Waals surface area contributed by atoms with Crippen molar-refractivity contribution >= 4 is 17.9 Å². The highest BCUT2D eigenvalue weighted by atomic mass is 16.6. The van der Waals surface area contributed by atoms with Gasteiger partial charge in [0.05, 0.1) is 17.9 Å². The van der Waals surface area contributed by atoms with Gasteiger partial charge in [0.25, 0.3) is 0 Å². The van der Waals surface area contributed by atoms with Crippen LogP contribution in [0.15, 0.2) is 35.2 Å². The van der Waals surface area contributed by atoms with Gasteiger partial charge in [0.2, 0.25) is 0 Å². The molecule has 0 aromatic carbocycles. The topological polar surface area (TPSA) is 92.0 Å². The Balaban J connectivity index is 1.70. The van der Waals surface area contributed by atoms with Gasteiger partial charge >= 0.3 is 17.9 Å². The van der Waals surface area contributed by atoms with Crippen LogP contribution in [-0.2, 0) is 28.6 Å². The van der Waals surface area contributed by atoms with E-state index < -0.39 is 46.0 Å². The lowest BCUT2D eigenvalue weighted by Gasteiger charge is -2.55. The summed E-state index contributed by atoms with van der Waals surface area (Å²) in [6, 6.07) is 1.75. The van der Waals surface area contributed by atoms with Crippen molar-refractivity contribution in [3.8, 4) is 0 Å². The molecule has 6 unspecified atom stereocenters. The summed E-state index contributed by atoms with van der Waals surface area (Å²) < 4.78 is 22.7. The highest BCUT2D eigenvalue weighted by molar-refractivity contribution is 5.91. The number of hydrogen-bond acceptors (Lipinski definition) is 7. The number of furan rings is 1. The van der Waals surface area contributed by atoms with Crippen LogP contribution in [0.5, 0.6) is 0 Å². The van der Waals surface area contributed by atoms with Crippen molar-refractivity contribution < 1.29 is 33.0 Å². The van der Waals surface area contributed by atoms with Crippen molar-refractivity contribution in [2.75, 3.05) is 0 Å². The van der Waals surface area contributed by atoms with Gasteiger partial charge in [-0.25, -0.2) is 0 Å². The van der Waals surface area contributed by atoms with Gasteiger partial charge in [-0.15, -0.1) is 0 Å². The van der Waals surface area contributed by atoms with Crippen LogP contribution in [0.4, 0.5) is 0 Å². The Bertz CT molecular complexity index is 948. The first kappa shape index (κ1) is 18.5. The number of hydrogen-bond donors (Lipinski definition) is 0. The average molecular weight is 400 g/mol. The lowest BCUT2D eigenvalue weighted by atomic mass is 9.47. The number of carbonyl (C=O) groups excluding carboxylic acids is 3. The molecule has 5 rings (SSSR count). The minimum absolute atomic E-state index is 0.265. The van der Waals surface area contributed by atoms with Gasteiger partial charge in [0.15, 0.2) is 0 Å². The fraction of sp³-hybridized carbons (Fsp3) is 0.591. The largest absolute Gasteiger partial charge is 0.472 e. The van der Waals surface area contributed by atoms with Crippen molar-refractivity contribution in [3.05, 3.63) is 36.3 Å². The zero-order valence-corrected chi connectivity index (χ0v) is 16.8. The molecule has 0 amide bonds. The fourth-order valence-electron chi connectivity index (χ4n) is 6.56. The van der Waals surface area contributed by atoms with Gasteiger partial charge in [-0.05, 0) is 37.8 Å². The molecule has 4 fully saturated rings. The van der Waals surface area contributed by atoms with Crippen LogP contribution in [0, 0.1) is 16.2 Å². The smallest absolute Gasteiger partial charge is 0.321 e. The maximum absolute atomic E-state index is 13.5. The second-order valence-corrected chi connectivity index (χ2v) is 9.27. The normalized spacial score (nSPS) is 45.3. The van der Waals surface area contributed by atoms with Crippen molar-refractivity contribution in [3.63, 3.8) is 0 Å². The number of esters is 3. The predicted octanol–water partition coefficient (Wildman–Crippen LogP) is 3.25. The lowest BCUT2D eigenvalue weighted by molar-refractivity contribution is -0.194. The van der Waals surface area contributed by atoms with Crippen molar-refractivity contribution in [1.29, 1.82) is 0 Å². The predicted molar refractivity (Wildman–Crippen MR) is 98.2 cm³/mol. The fourth-order valence-corrected chi connectivity index (χ4v) is 6.56. The van der Waals surface area contributed by atoms with Gasteiger partial charge in [-0.3, -0.25) is 14.4 Å². The first-order chi connectivity index (χ1) is 13.6. The summed E-state index contributed by atoms with van der Waals surface area (Å²) in [4.78, 5) is 38.3. The molecule has 2 aliphatic carbocycles. The second kappa shape index (κ2) is 5.32. The second-order valence-electron chi connectivity index (χ2n) is 9.27. The molecule has 3 heterocycles. The van der Waals surface area contributed by atoms with E-state index in [2.05, 4.69) is 6.58 Å². The quantitative estimate of drug-likeness (QED) is 0.427. The molecule has 2 aliphatic heterocycles. The molecule has 7 nitrogen and oxygen atoms in total. The molecule has 0 radical (unpaired) electrons. The number of cyclic esters (lactones) is 1. The van der Waals surface area contributed by atoms with Gasteiger partial charge in [0.1, 0.15) is 23.2 Å². The van der Waals surface area contributed by atoms with E-state index in [1.807, 2.05) is 13.8 Å². The third-order valence-corrected chi connectivity index (χ3v) is 8.34. The van der Waals surface area contributed by atoms with E-state index >= 15 is 0 Å². The van der Waals surface area contributed by atoms with E-state index in [4.69, 9.17) is 18.6 Å². The number of carbonyl (C=O) groups is 3. The van der Waals surface area contributed by atoms with Crippen LogP contribution in [-0.4, -0.2) is 29.6 Å². The summed E-state index contributed by atoms with van der Waals surface area (Å²) in [5, 5.41) is 0. The Kier molecular flexibility index (Phi) is 3.38. The van der Waals surface area contributed by atoms with Crippen LogP contribution in [0.1, 0.15) is 58.1 Å². The van der Waals surface area contributed by atoms with Crippen LogP contribution in [0.2, 0.25) is 0 Å². The van der Waals surface area contributed by atoms with Crippen molar-refractivity contribution in [2.24, 2.45) is 16.2 Å². The van der Waals surface area contributed by atoms with Gasteiger partial charge < -0.3 is 18.6 Å². The summed E-state index contributed by atoms with van der Waals surface area (Å²) >= 11 is 0. The molecule has 2 bridgehead atoms. The first-order valence-corrected chi connectivity index (χ1v) is 9.94. The van der Waals surface area contributed by atoms with E-state index in [1.54, 1.807) is 12.3 Å². The minimum atomic E-state index is -1.27. The van der Waals surface area contributed by atoms with Crippen LogP contribution < -0.4 is 0 Å². The summed E-state index contributed by atoms with van der Waals surface area (Å²) in [6.45, 7) is 9.42. The van der Waals surface area contributed by atoms with E-state index in [0.717, 1.165) is 5.56 Å². The van der Waals surface area contributed by atoms with E-state index in [9.17, 15) is 14.4 Å². The Morgan fingerprint density at radius 3 is 2.59 bits per heavy atom. The molecule has 0 N–H and O–H groups in total. The van der Waals surface area contributed by atoms with Crippen LogP contribution in [0.3, 0.4) is 0 Å². The Morgan fingerprint density at radius 1 is 1.21 bits per heavy atom. The number of rotatable bonds is 2. The van der Waals surface area contributed by atoms with Crippen LogP contribution >= 0.6 is 0 Å². The number of ether oxygens (including phenoxy) is 3. The van der Waals surface area contributed by atoms with Crippen molar-refractivity contribution in [2.45, 2.75) is 64.3 Å². The van der Waals surface area contributed by atoms with Gasteiger partial charge in [0, 0.05) is 24.3 Å². The maximum Gasteiger partial charge on any atom is 0.321 e. The summed E-state index contributed by atoms with van der Waals surface area (Å²) in [7, 11) is 0. The molecule has 6 atom stereocenters. The minimum Gasteiger partial charge on any atom is -0.472 e. The van der Waals surface area contributed by atoms with E-state index in [-0.39, 0.29) is 12.4 Å². The molecule has 1 spiro atoms. The highest BCUT2D eigenvalue weighted by Crippen LogP contribution is 2.78. The molecule has 2 saturated heterocycles. The molecule has 2 saturated carbocycles. The molecular formula is C22H24O7. The Labute approximate surface area is 168 Å². The van der Waals surface area contributed by atoms with E-state index in [0.29, 0.717) is 24.8 Å². The molecule has 29 heavy (non-hydrogen) atoms. The van der Waals surface area contributed by atoms with Gasteiger partial charge in [-0.1, -0.05) is 13.5 Å². The van der Waals surface area contributed by atoms with Crippen molar-refractivity contribution in [1.82, 2.24) is 0 Å². The summed E-state index contributed by atoms with van der Waals surface area (Å²) in [5.74, 6) is -1.23. The lowest BCUT2D eigenvalue weighted by Crippen LogP contribution is -2.65. The Hall–Kier alpha value is -2.57. The summed E-state index contributed by atoms with van der Waals surface area (Å²) in [6.07, 6.45) is 3.64. The molecule has 7 heteroatoms. The highest BCUT2D eigenvalue weighted by Gasteiger charge is 2.86.